The number of hydrogen-bond donors (Lipinski definition) is 1. The van der Waals surface area contributed by atoms with E-state index in [9.17, 15) is 4.79 Å². The highest BCUT2D eigenvalue weighted by Crippen LogP contribution is 2.25. The fourth-order valence-electron chi connectivity index (χ4n) is 2.55. The van der Waals surface area contributed by atoms with Gasteiger partial charge in [-0.05, 0) is 51.8 Å². The van der Waals surface area contributed by atoms with Gasteiger partial charge in [0.2, 0.25) is 5.91 Å². The topological polar surface area (TPSA) is 46.3 Å². The van der Waals surface area contributed by atoms with Crippen molar-refractivity contribution in [3.05, 3.63) is 34.9 Å². The average molecular weight is 262 g/mol. The minimum Gasteiger partial charge on any atom is -0.343 e. The van der Waals surface area contributed by atoms with E-state index in [1.807, 2.05) is 18.7 Å². The number of carbonyl (C=O) groups excluding carboxylic acids is 1. The highest BCUT2D eigenvalue weighted by molar-refractivity contribution is 5.84. The van der Waals surface area contributed by atoms with Crippen LogP contribution in [0.2, 0.25) is 0 Å². The molecule has 0 saturated heterocycles. The van der Waals surface area contributed by atoms with Crippen LogP contribution in [0.25, 0.3) is 0 Å². The first-order valence-corrected chi connectivity index (χ1v) is 7.11. The van der Waals surface area contributed by atoms with E-state index in [-0.39, 0.29) is 11.8 Å². The van der Waals surface area contributed by atoms with Gasteiger partial charge in [-0.2, -0.15) is 0 Å². The van der Waals surface area contributed by atoms with Gasteiger partial charge in [0.1, 0.15) is 0 Å². The predicted molar refractivity (Wildman–Crippen MR) is 80.3 cm³/mol. The molecule has 19 heavy (non-hydrogen) atoms. The van der Waals surface area contributed by atoms with E-state index in [4.69, 9.17) is 5.73 Å². The Morgan fingerprint density at radius 3 is 2.37 bits per heavy atom. The van der Waals surface area contributed by atoms with Crippen LogP contribution in [-0.2, 0) is 4.79 Å². The molecule has 0 spiro atoms. The Hall–Kier alpha value is -1.35. The standard InChI is InChI=1S/C16H26N2O/c1-5-18(6-2)16(19)15(9-10-17)14-8-7-12(3)11-13(14)4/h7-8,11,15H,5-6,9-10,17H2,1-4H3. The van der Waals surface area contributed by atoms with E-state index in [0.717, 1.165) is 18.7 Å². The molecule has 0 fully saturated rings. The van der Waals surface area contributed by atoms with Crippen LogP contribution in [0, 0.1) is 13.8 Å². The summed E-state index contributed by atoms with van der Waals surface area (Å²) in [6, 6.07) is 6.28. The minimum atomic E-state index is -0.106. The summed E-state index contributed by atoms with van der Waals surface area (Å²) in [5, 5.41) is 0. The smallest absolute Gasteiger partial charge is 0.230 e. The molecule has 3 nitrogen and oxygen atoms in total. The van der Waals surface area contributed by atoms with E-state index < -0.39 is 0 Å². The molecule has 1 atom stereocenters. The van der Waals surface area contributed by atoms with Gasteiger partial charge in [-0.25, -0.2) is 0 Å². The Labute approximate surface area is 116 Å². The van der Waals surface area contributed by atoms with Gasteiger partial charge in [0.05, 0.1) is 5.92 Å². The van der Waals surface area contributed by atoms with Crippen molar-refractivity contribution in [2.45, 2.75) is 40.0 Å². The number of hydrogen-bond acceptors (Lipinski definition) is 2. The second-order valence-electron chi connectivity index (χ2n) is 5.00. The molecule has 1 amide bonds. The summed E-state index contributed by atoms with van der Waals surface area (Å²) in [7, 11) is 0. The van der Waals surface area contributed by atoms with Crippen LogP contribution < -0.4 is 5.73 Å². The summed E-state index contributed by atoms with van der Waals surface area (Å²) >= 11 is 0. The van der Waals surface area contributed by atoms with E-state index in [0.29, 0.717) is 13.0 Å². The van der Waals surface area contributed by atoms with Crippen LogP contribution in [0.3, 0.4) is 0 Å². The fourth-order valence-corrected chi connectivity index (χ4v) is 2.55. The summed E-state index contributed by atoms with van der Waals surface area (Å²) in [4.78, 5) is 14.5. The molecule has 1 rings (SSSR count). The molecule has 0 aliphatic carbocycles. The molecule has 0 aliphatic heterocycles. The van der Waals surface area contributed by atoms with E-state index in [1.165, 1.54) is 11.1 Å². The van der Waals surface area contributed by atoms with Crippen molar-refractivity contribution in [1.82, 2.24) is 4.90 Å². The minimum absolute atomic E-state index is 0.106. The largest absolute Gasteiger partial charge is 0.343 e. The maximum absolute atomic E-state index is 12.6. The number of nitrogens with two attached hydrogens (primary N) is 1. The van der Waals surface area contributed by atoms with Gasteiger partial charge in [0.25, 0.3) is 0 Å². The van der Waals surface area contributed by atoms with Crippen molar-refractivity contribution in [3.8, 4) is 0 Å². The van der Waals surface area contributed by atoms with Gasteiger partial charge in [-0.15, -0.1) is 0 Å². The number of likely N-dealkylation sites (N-methyl/N-ethyl adjacent to an activating group) is 1. The number of rotatable bonds is 6. The van der Waals surface area contributed by atoms with Crippen LogP contribution in [-0.4, -0.2) is 30.4 Å². The molecule has 0 saturated carbocycles. The summed E-state index contributed by atoms with van der Waals surface area (Å²) in [6.07, 6.45) is 0.708. The Kier molecular flexibility index (Phi) is 6.03. The van der Waals surface area contributed by atoms with Gasteiger partial charge in [0, 0.05) is 13.1 Å². The van der Waals surface area contributed by atoms with Gasteiger partial charge >= 0.3 is 0 Å². The van der Waals surface area contributed by atoms with Gasteiger partial charge in [0.15, 0.2) is 0 Å². The van der Waals surface area contributed by atoms with Crippen molar-refractivity contribution < 1.29 is 4.79 Å². The highest BCUT2D eigenvalue weighted by atomic mass is 16.2. The molecule has 0 aliphatic rings. The lowest BCUT2D eigenvalue weighted by molar-refractivity contribution is -0.132. The van der Waals surface area contributed by atoms with E-state index in [1.54, 1.807) is 0 Å². The third-order valence-electron chi connectivity index (χ3n) is 3.63. The second-order valence-corrected chi connectivity index (χ2v) is 5.00. The van der Waals surface area contributed by atoms with Crippen molar-refractivity contribution in [2.24, 2.45) is 5.73 Å². The lowest BCUT2D eigenvalue weighted by atomic mass is 9.90. The number of aryl methyl sites for hydroxylation is 2. The zero-order valence-corrected chi connectivity index (χ0v) is 12.6. The molecule has 3 heteroatoms. The van der Waals surface area contributed by atoms with Crippen molar-refractivity contribution >= 4 is 5.91 Å². The third kappa shape index (κ3) is 3.80. The van der Waals surface area contributed by atoms with Gasteiger partial charge < -0.3 is 10.6 Å². The van der Waals surface area contributed by atoms with Crippen LogP contribution >= 0.6 is 0 Å². The second kappa shape index (κ2) is 7.29. The van der Waals surface area contributed by atoms with Crippen LogP contribution in [0.5, 0.6) is 0 Å². The molecule has 2 N–H and O–H groups in total. The first kappa shape index (κ1) is 15.7. The normalized spacial score (nSPS) is 12.3. The van der Waals surface area contributed by atoms with E-state index in [2.05, 4.69) is 32.0 Å². The quantitative estimate of drug-likeness (QED) is 0.856. The van der Waals surface area contributed by atoms with Gasteiger partial charge in [-0.3, -0.25) is 4.79 Å². The van der Waals surface area contributed by atoms with Crippen molar-refractivity contribution in [3.63, 3.8) is 0 Å². The first-order valence-electron chi connectivity index (χ1n) is 7.11. The SMILES string of the molecule is CCN(CC)C(=O)C(CCN)c1ccc(C)cc1C. The molecular formula is C16H26N2O. The van der Waals surface area contributed by atoms with Gasteiger partial charge in [-0.1, -0.05) is 23.8 Å². The number of nitrogens with zero attached hydrogens (tertiary/aromatic N) is 1. The molecule has 0 radical (unpaired) electrons. The van der Waals surface area contributed by atoms with Crippen LogP contribution in [0.4, 0.5) is 0 Å². The van der Waals surface area contributed by atoms with Crippen LogP contribution in [0.15, 0.2) is 18.2 Å². The summed E-state index contributed by atoms with van der Waals surface area (Å²) in [5.74, 6) is 0.0907. The number of amides is 1. The lowest BCUT2D eigenvalue weighted by Gasteiger charge is -2.26. The highest BCUT2D eigenvalue weighted by Gasteiger charge is 2.24. The zero-order valence-electron chi connectivity index (χ0n) is 12.6. The Morgan fingerprint density at radius 2 is 1.89 bits per heavy atom. The zero-order chi connectivity index (χ0) is 14.4. The predicted octanol–water partition coefficient (Wildman–Crippen LogP) is 2.60. The van der Waals surface area contributed by atoms with Crippen molar-refractivity contribution in [1.29, 1.82) is 0 Å². The monoisotopic (exact) mass is 262 g/mol. The first-order chi connectivity index (χ1) is 9.04. The van der Waals surface area contributed by atoms with Crippen LogP contribution in [0.1, 0.15) is 42.9 Å². The maximum Gasteiger partial charge on any atom is 0.230 e. The Morgan fingerprint density at radius 1 is 1.26 bits per heavy atom. The summed E-state index contributed by atoms with van der Waals surface area (Å²) < 4.78 is 0. The molecule has 1 unspecified atom stereocenters. The number of carbonyl (C=O) groups is 1. The molecule has 0 aromatic heterocycles. The molecular weight excluding hydrogens is 236 g/mol. The number of benzene rings is 1. The summed E-state index contributed by atoms with van der Waals surface area (Å²) in [5.41, 5.74) is 9.22. The third-order valence-corrected chi connectivity index (χ3v) is 3.63. The molecule has 1 aromatic carbocycles. The fraction of sp³-hybridized carbons (Fsp3) is 0.562. The van der Waals surface area contributed by atoms with Crippen molar-refractivity contribution in [2.75, 3.05) is 19.6 Å². The Bertz CT molecular complexity index is 425. The Balaban J connectivity index is 3.09. The lowest BCUT2D eigenvalue weighted by Crippen LogP contribution is -2.35. The average Bonchev–Trinajstić information content (AvgIpc) is 2.38. The molecule has 106 valence electrons. The molecule has 0 heterocycles. The summed E-state index contributed by atoms with van der Waals surface area (Å²) in [6.45, 7) is 10.2. The van der Waals surface area contributed by atoms with E-state index >= 15 is 0 Å². The maximum atomic E-state index is 12.6. The molecule has 1 aromatic rings. The molecule has 0 bridgehead atoms.